The Bertz CT molecular complexity index is 112. The minimum Gasteiger partial charge on any atom is -0.314 e. The molecule has 0 saturated carbocycles. The molecule has 1 heteroatoms. The van der Waals surface area contributed by atoms with Gasteiger partial charge in [0.15, 0.2) is 0 Å². The second-order valence-electron chi connectivity index (χ2n) is 4.18. The molecule has 0 spiro atoms. The predicted molar refractivity (Wildman–Crippen MR) is 54.3 cm³/mol. The standard InChI is InChI=1S/C11H23N/c1-3-4-5-6-7-11-10(2)8-9-12-11/h10-12H,3-9H2,1-2H3. The molecule has 1 saturated heterocycles. The molecule has 72 valence electrons. The highest BCUT2D eigenvalue weighted by molar-refractivity contribution is 4.80. The number of unbranched alkanes of at least 4 members (excludes halogenated alkanes) is 3. The predicted octanol–water partition coefficient (Wildman–Crippen LogP) is 2.95. The highest BCUT2D eigenvalue weighted by Gasteiger charge is 2.21. The van der Waals surface area contributed by atoms with Gasteiger partial charge in [0.25, 0.3) is 0 Å². The summed E-state index contributed by atoms with van der Waals surface area (Å²) in [5.41, 5.74) is 0. The summed E-state index contributed by atoms with van der Waals surface area (Å²) in [7, 11) is 0. The molecule has 1 heterocycles. The van der Waals surface area contributed by atoms with Crippen molar-refractivity contribution in [2.45, 2.75) is 58.4 Å². The molecular weight excluding hydrogens is 146 g/mol. The van der Waals surface area contributed by atoms with Crippen LogP contribution in [0.1, 0.15) is 52.4 Å². The van der Waals surface area contributed by atoms with Crippen molar-refractivity contribution in [1.29, 1.82) is 0 Å². The van der Waals surface area contributed by atoms with E-state index < -0.39 is 0 Å². The van der Waals surface area contributed by atoms with Gasteiger partial charge in [0, 0.05) is 6.04 Å². The summed E-state index contributed by atoms with van der Waals surface area (Å²) in [4.78, 5) is 0. The van der Waals surface area contributed by atoms with Gasteiger partial charge in [0.1, 0.15) is 0 Å². The summed E-state index contributed by atoms with van der Waals surface area (Å²) < 4.78 is 0. The van der Waals surface area contributed by atoms with E-state index in [2.05, 4.69) is 19.2 Å². The first-order chi connectivity index (χ1) is 5.84. The maximum Gasteiger partial charge on any atom is 0.00931 e. The van der Waals surface area contributed by atoms with E-state index in [4.69, 9.17) is 0 Å². The molecule has 0 aromatic carbocycles. The van der Waals surface area contributed by atoms with E-state index in [1.54, 1.807) is 0 Å². The van der Waals surface area contributed by atoms with Crippen LogP contribution < -0.4 is 5.32 Å². The normalized spacial score (nSPS) is 29.5. The van der Waals surface area contributed by atoms with Gasteiger partial charge in [-0.3, -0.25) is 0 Å². The Morgan fingerprint density at radius 1 is 1.25 bits per heavy atom. The number of rotatable bonds is 5. The molecule has 0 bridgehead atoms. The minimum atomic E-state index is 0.835. The Balaban J connectivity index is 1.98. The molecule has 0 aliphatic carbocycles. The summed E-state index contributed by atoms with van der Waals surface area (Å²) in [6.07, 6.45) is 8.42. The third kappa shape index (κ3) is 3.14. The molecule has 1 rings (SSSR count). The Hall–Kier alpha value is -0.0400. The average Bonchev–Trinajstić information content (AvgIpc) is 2.46. The van der Waals surface area contributed by atoms with Gasteiger partial charge in [-0.05, 0) is 25.3 Å². The maximum atomic E-state index is 3.58. The molecule has 1 nitrogen and oxygen atoms in total. The van der Waals surface area contributed by atoms with Crippen molar-refractivity contribution >= 4 is 0 Å². The van der Waals surface area contributed by atoms with Crippen LogP contribution in [0, 0.1) is 5.92 Å². The van der Waals surface area contributed by atoms with Crippen LogP contribution in [-0.2, 0) is 0 Å². The fraction of sp³-hybridized carbons (Fsp3) is 1.00. The van der Waals surface area contributed by atoms with Crippen molar-refractivity contribution in [3.8, 4) is 0 Å². The van der Waals surface area contributed by atoms with E-state index in [0.29, 0.717) is 0 Å². The van der Waals surface area contributed by atoms with Crippen molar-refractivity contribution in [2.24, 2.45) is 5.92 Å². The van der Waals surface area contributed by atoms with E-state index in [1.807, 2.05) is 0 Å². The molecule has 2 unspecified atom stereocenters. The molecule has 12 heavy (non-hydrogen) atoms. The van der Waals surface area contributed by atoms with Crippen LogP contribution in [0.5, 0.6) is 0 Å². The van der Waals surface area contributed by atoms with Gasteiger partial charge in [-0.25, -0.2) is 0 Å². The highest BCUT2D eigenvalue weighted by atomic mass is 14.9. The van der Waals surface area contributed by atoms with Gasteiger partial charge in [0.05, 0.1) is 0 Å². The van der Waals surface area contributed by atoms with E-state index in [-0.39, 0.29) is 0 Å². The summed E-state index contributed by atoms with van der Waals surface area (Å²) in [6, 6.07) is 0.835. The number of hydrogen-bond acceptors (Lipinski definition) is 1. The van der Waals surface area contributed by atoms with E-state index in [9.17, 15) is 0 Å². The van der Waals surface area contributed by atoms with Crippen molar-refractivity contribution in [2.75, 3.05) is 6.54 Å². The van der Waals surface area contributed by atoms with Gasteiger partial charge >= 0.3 is 0 Å². The van der Waals surface area contributed by atoms with Gasteiger partial charge in [0.2, 0.25) is 0 Å². The zero-order valence-electron chi connectivity index (χ0n) is 8.60. The lowest BCUT2D eigenvalue weighted by molar-refractivity contribution is 0.432. The second kappa shape index (κ2) is 5.58. The maximum absolute atomic E-state index is 3.58. The fourth-order valence-electron chi connectivity index (χ4n) is 2.08. The molecule has 2 atom stereocenters. The summed E-state index contributed by atoms with van der Waals surface area (Å²) in [5, 5.41) is 3.58. The molecule has 1 aliphatic heterocycles. The Morgan fingerprint density at radius 3 is 2.67 bits per heavy atom. The number of nitrogens with one attached hydrogen (secondary N) is 1. The molecule has 0 amide bonds. The van der Waals surface area contributed by atoms with E-state index in [0.717, 1.165) is 12.0 Å². The van der Waals surface area contributed by atoms with Gasteiger partial charge in [-0.1, -0.05) is 39.5 Å². The lowest BCUT2D eigenvalue weighted by Crippen LogP contribution is -2.25. The minimum absolute atomic E-state index is 0.835. The van der Waals surface area contributed by atoms with Crippen LogP contribution in [0.4, 0.5) is 0 Å². The number of hydrogen-bond donors (Lipinski definition) is 1. The Morgan fingerprint density at radius 2 is 2.08 bits per heavy atom. The SMILES string of the molecule is CCCCCCC1NCCC1C. The van der Waals surface area contributed by atoms with Crippen molar-refractivity contribution in [1.82, 2.24) is 5.32 Å². The summed E-state index contributed by atoms with van der Waals surface area (Å²) in [5.74, 6) is 0.923. The van der Waals surface area contributed by atoms with Crippen LogP contribution in [0.3, 0.4) is 0 Å². The van der Waals surface area contributed by atoms with Gasteiger partial charge in [-0.15, -0.1) is 0 Å². The first-order valence-corrected chi connectivity index (χ1v) is 5.58. The summed E-state index contributed by atoms with van der Waals surface area (Å²) >= 11 is 0. The smallest absolute Gasteiger partial charge is 0.00931 e. The monoisotopic (exact) mass is 169 g/mol. The van der Waals surface area contributed by atoms with E-state index in [1.165, 1.54) is 45.1 Å². The van der Waals surface area contributed by atoms with E-state index >= 15 is 0 Å². The highest BCUT2D eigenvalue weighted by Crippen LogP contribution is 2.19. The quantitative estimate of drug-likeness (QED) is 0.624. The second-order valence-corrected chi connectivity index (χ2v) is 4.18. The lowest BCUT2D eigenvalue weighted by atomic mass is 9.98. The average molecular weight is 169 g/mol. The van der Waals surface area contributed by atoms with Gasteiger partial charge < -0.3 is 5.32 Å². The third-order valence-corrected chi connectivity index (χ3v) is 3.06. The molecule has 0 radical (unpaired) electrons. The van der Waals surface area contributed by atoms with Crippen LogP contribution >= 0.6 is 0 Å². The van der Waals surface area contributed by atoms with Crippen molar-refractivity contribution in [3.63, 3.8) is 0 Å². The largest absolute Gasteiger partial charge is 0.314 e. The Kier molecular flexibility index (Phi) is 4.67. The molecule has 0 aromatic rings. The molecule has 1 aliphatic rings. The first-order valence-electron chi connectivity index (χ1n) is 5.58. The van der Waals surface area contributed by atoms with Crippen LogP contribution in [0.25, 0.3) is 0 Å². The topological polar surface area (TPSA) is 12.0 Å². The molecule has 1 fully saturated rings. The first kappa shape index (κ1) is 10.0. The van der Waals surface area contributed by atoms with Crippen LogP contribution in [0.2, 0.25) is 0 Å². The molecule has 0 aromatic heterocycles. The Labute approximate surface area is 76.9 Å². The zero-order valence-corrected chi connectivity index (χ0v) is 8.60. The third-order valence-electron chi connectivity index (χ3n) is 3.06. The van der Waals surface area contributed by atoms with Crippen LogP contribution in [0.15, 0.2) is 0 Å². The lowest BCUT2D eigenvalue weighted by Gasteiger charge is -2.14. The van der Waals surface area contributed by atoms with Crippen LogP contribution in [-0.4, -0.2) is 12.6 Å². The zero-order chi connectivity index (χ0) is 8.81. The molecule has 1 N–H and O–H groups in total. The fourth-order valence-corrected chi connectivity index (χ4v) is 2.08. The summed E-state index contributed by atoms with van der Waals surface area (Å²) in [6.45, 7) is 5.90. The van der Waals surface area contributed by atoms with Crippen molar-refractivity contribution in [3.05, 3.63) is 0 Å². The van der Waals surface area contributed by atoms with Crippen molar-refractivity contribution < 1.29 is 0 Å². The molecular formula is C11H23N. The van der Waals surface area contributed by atoms with Gasteiger partial charge in [-0.2, -0.15) is 0 Å².